The van der Waals surface area contributed by atoms with E-state index in [9.17, 15) is 14.7 Å². The average molecular weight is 542 g/mol. The van der Waals surface area contributed by atoms with Crippen LogP contribution in [0.1, 0.15) is 17.0 Å². The smallest absolute Gasteiger partial charge is 0.407 e. The number of carbonyl (C=O) groups excluding carboxylic acids is 1. The van der Waals surface area contributed by atoms with Crippen LogP contribution < -0.4 is 19.5 Å². The third-order valence-electron chi connectivity index (χ3n) is 5.98. The highest BCUT2D eigenvalue weighted by Gasteiger charge is 2.30. The van der Waals surface area contributed by atoms with Crippen LogP contribution in [-0.2, 0) is 9.53 Å². The molecule has 37 heavy (non-hydrogen) atoms. The number of carboxylic acids is 1. The molecule has 0 aromatic heterocycles. The molecule has 3 aromatic carbocycles. The van der Waals surface area contributed by atoms with E-state index in [1.54, 1.807) is 19.2 Å². The summed E-state index contributed by atoms with van der Waals surface area (Å²) in [4.78, 5) is 25.1. The number of hydrogen-bond acceptors (Lipinski definition) is 8. The Morgan fingerprint density at radius 1 is 0.919 bits per heavy atom. The standard InChI is InChI=1S/C27H27NO7S2/c1-32-16-12-23(33-2)25(24(13-16)34-3)37-36-15-22(26(29)30)28-27(31)35-14-21-19-10-6-4-8-17(19)18-9-5-7-11-20(18)21/h4-13,21-22H,14-15H2,1-3H3,(H,28,31)(H,29,30)/t22-/m1/s1. The molecule has 1 atom stereocenters. The lowest BCUT2D eigenvalue weighted by Gasteiger charge is -2.18. The molecule has 194 valence electrons. The van der Waals surface area contributed by atoms with Gasteiger partial charge in [-0.1, -0.05) is 59.3 Å². The fraction of sp³-hybridized carbons (Fsp3) is 0.259. The van der Waals surface area contributed by atoms with Crippen molar-refractivity contribution in [2.24, 2.45) is 0 Å². The minimum absolute atomic E-state index is 0.0858. The van der Waals surface area contributed by atoms with Gasteiger partial charge in [0.25, 0.3) is 0 Å². The van der Waals surface area contributed by atoms with Crippen LogP contribution in [0.2, 0.25) is 0 Å². The van der Waals surface area contributed by atoms with E-state index in [4.69, 9.17) is 18.9 Å². The van der Waals surface area contributed by atoms with Crippen molar-refractivity contribution in [2.45, 2.75) is 16.9 Å². The Bertz CT molecular complexity index is 1210. The summed E-state index contributed by atoms with van der Waals surface area (Å²) < 4.78 is 21.6. The number of ether oxygens (including phenoxy) is 4. The first kappa shape index (κ1) is 26.6. The highest BCUT2D eigenvalue weighted by molar-refractivity contribution is 8.76. The number of aliphatic carboxylic acids is 1. The normalized spacial score (nSPS) is 12.7. The van der Waals surface area contributed by atoms with Crippen molar-refractivity contribution >= 4 is 33.7 Å². The molecule has 0 bridgehead atoms. The molecule has 0 radical (unpaired) electrons. The number of carbonyl (C=O) groups is 2. The lowest BCUT2D eigenvalue weighted by molar-refractivity contribution is -0.138. The first-order valence-corrected chi connectivity index (χ1v) is 13.7. The minimum Gasteiger partial charge on any atom is -0.496 e. The maximum atomic E-state index is 12.6. The summed E-state index contributed by atoms with van der Waals surface area (Å²) in [6.45, 7) is 0.105. The van der Waals surface area contributed by atoms with E-state index < -0.39 is 18.1 Å². The summed E-state index contributed by atoms with van der Waals surface area (Å²) in [5.74, 6) is 0.456. The Balaban J connectivity index is 1.36. The molecule has 2 N–H and O–H groups in total. The lowest BCUT2D eigenvalue weighted by Crippen LogP contribution is -2.43. The molecule has 0 saturated heterocycles. The second-order valence-corrected chi connectivity index (χ2v) is 10.4. The average Bonchev–Trinajstić information content (AvgIpc) is 3.24. The van der Waals surface area contributed by atoms with E-state index in [2.05, 4.69) is 17.4 Å². The highest BCUT2D eigenvalue weighted by atomic mass is 33.1. The van der Waals surface area contributed by atoms with Gasteiger partial charge < -0.3 is 29.4 Å². The zero-order valence-corrected chi connectivity index (χ0v) is 22.2. The van der Waals surface area contributed by atoms with Gasteiger partial charge in [0, 0.05) is 23.8 Å². The third kappa shape index (κ3) is 5.91. The van der Waals surface area contributed by atoms with Crippen LogP contribution in [0, 0.1) is 0 Å². The van der Waals surface area contributed by atoms with Gasteiger partial charge in [0.2, 0.25) is 0 Å². The molecule has 0 spiro atoms. The van der Waals surface area contributed by atoms with Crippen LogP contribution in [0.3, 0.4) is 0 Å². The van der Waals surface area contributed by atoms with Gasteiger partial charge in [-0.2, -0.15) is 0 Å². The molecule has 8 nitrogen and oxygen atoms in total. The van der Waals surface area contributed by atoms with Gasteiger partial charge in [0.05, 0.1) is 21.3 Å². The van der Waals surface area contributed by atoms with E-state index >= 15 is 0 Å². The van der Waals surface area contributed by atoms with Gasteiger partial charge in [0.15, 0.2) is 0 Å². The minimum atomic E-state index is -1.16. The summed E-state index contributed by atoms with van der Waals surface area (Å²) in [5.41, 5.74) is 4.41. The molecular weight excluding hydrogens is 514 g/mol. The summed E-state index contributed by atoms with van der Waals surface area (Å²) in [6.07, 6.45) is -0.778. The number of fused-ring (bicyclic) bond motifs is 3. The second-order valence-electron chi connectivity index (χ2n) is 8.09. The molecule has 0 heterocycles. The molecule has 0 aliphatic heterocycles. The maximum absolute atomic E-state index is 12.6. The van der Waals surface area contributed by atoms with E-state index in [-0.39, 0.29) is 18.3 Å². The monoisotopic (exact) mass is 541 g/mol. The molecule has 1 amide bonds. The third-order valence-corrected chi connectivity index (χ3v) is 8.40. The fourth-order valence-electron chi connectivity index (χ4n) is 4.17. The lowest BCUT2D eigenvalue weighted by atomic mass is 9.98. The summed E-state index contributed by atoms with van der Waals surface area (Å²) in [6, 6.07) is 18.3. The Kier molecular flexibility index (Phi) is 8.73. The van der Waals surface area contributed by atoms with Crippen LogP contribution >= 0.6 is 21.6 Å². The predicted molar refractivity (Wildman–Crippen MR) is 144 cm³/mol. The summed E-state index contributed by atoms with van der Waals surface area (Å²) >= 11 is 0. The molecule has 3 aromatic rings. The van der Waals surface area contributed by atoms with Crippen LogP contribution in [-0.4, -0.2) is 56.9 Å². The van der Waals surface area contributed by atoms with Crippen LogP contribution in [0.4, 0.5) is 4.79 Å². The first-order valence-electron chi connectivity index (χ1n) is 11.4. The van der Waals surface area contributed by atoms with E-state index in [0.29, 0.717) is 22.1 Å². The summed E-state index contributed by atoms with van der Waals surface area (Å²) in [7, 11) is 7.14. The number of benzene rings is 3. The van der Waals surface area contributed by atoms with Gasteiger partial charge in [-0.25, -0.2) is 9.59 Å². The molecule has 10 heteroatoms. The number of hydrogen-bond donors (Lipinski definition) is 2. The van der Waals surface area contributed by atoms with Gasteiger partial charge in [-0.3, -0.25) is 0 Å². The molecule has 0 unspecified atom stereocenters. The van der Waals surface area contributed by atoms with Crippen molar-refractivity contribution < 1.29 is 33.6 Å². The topological polar surface area (TPSA) is 103 Å². The van der Waals surface area contributed by atoms with Crippen LogP contribution in [0.25, 0.3) is 11.1 Å². The molecular formula is C27H27NO7S2. The van der Waals surface area contributed by atoms with Crippen LogP contribution in [0.15, 0.2) is 65.6 Å². The second kappa shape index (κ2) is 12.2. The first-order chi connectivity index (χ1) is 18.0. The number of alkyl carbamates (subject to hydrolysis) is 1. The quantitative estimate of drug-likeness (QED) is 0.307. The molecule has 0 saturated carbocycles. The molecule has 1 aliphatic rings. The fourth-order valence-corrected chi connectivity index (χ4v) is 6.63. The van der Waals surface area contributed by atoms with Crippen LogP contribution in [0.5, 0.6) is 17.2 Å². The van der Waals surface area contributed by atoms with E-state index in [0.717, 1.165) is 22.3 Å². The highest BCUT2D eigenvalue weighted by Crippen LogP contribution is 2.46. The van der Waals surface area contributed by atoms with Crippen molar-refractivity contribution in [3.63, 3.8) is 0 Å². The van der Waals surface area contributed by atoms with E-state index in [1.807, 2.05) is 36.4 Å². The van der Waals surface area contributed by atoms with E-state index in [1.165, 1.54) is 35.8 Å². The van der Waals surface area contributed by atoms with Crippen molar-refractivity contribution in [2.75, 3.05) is 33.7 Å². The number of methoxy groups -OCH3 is 3. The molecule has 0 fully saturated rings. The Morgan fingerprint density at radius 3 is 2.00 bits per heavy atom. The van der Waals surface area contributed by atoms with Gasteiger partial charge in [-0.05, 0) is 33.0 Å². The Hall–Kier alpha value is -3.50. The summed E-state index contributed by atoms with van der Waals surface area (Å²) in [5, 5.41) is 12.1. The van der Waals surface area contributed by atoms with Gasteiger partial charge in [-0.15, -0.1) is 0 Å². The van der Waals surface area contributed by atoms with Gasteiger partial charge >= 0.3 is 12.1 Å². The molecule has 1 aliphatic carbocycles. The van der Waals surface area contributed by atoms with Crippen molar-refractivity contribution in [3.05, 3.63) is 71.8 Å². The maximum Gasteiger partial charge on any atom is 0.407 e. The number of carboxylic acid groups (broad SMARTS) is 1. The number of rotatable bonds is 11. The van der Waals surface area contributed by atoms with Crippen molar-refractivity contribution in [3.8, 4) is 28.4 Å². The van der Waals surface area contributed by atoms with Crippen molar-refractivity contribution in [1.29, 1.82) is 0 Å². The zero-order valence-electron chi connectivity index (χ0n) is 20.6. The predicted octanol–water partition coefficient (Wildman–Crippen LogP) is 5.44. The number of amides is 1. The van der Waals surface area contributed by atoms with Crippen molar-refractivity contribution in [1.82, 2.24) is 5.32 Å². The SMILES string of the molecule is COc1cc(OC)c(SSC[C@@H](NC(=O)OCC2c3ccccc3-c3ccccc32)C(=O)O)c(OC)c1. The zero-order chi connectivity index (χ0) is 26.4. The number of nitrogens with one attached hydrogen (secondary N) is 1. The molecule has 4 rings (SSSR count). The largest absolute Gasteiger partial charge is 0.496 e. The van der Waals surface area contributed by atoms with Gasteiger partial charge in [0.1, 0.15) is 34.8 Å². The Labute approximate surface area is 223 Å². The Morgan fingerprint density at radius 2 is 1.49 bits per heavy atom.